The number of nitrogens with zero attached hydrogens (tertiary/aromatic N) is 3. The summed E-state index contributed by atoms with van der Waals surface area (Å²) in [7, 11) is 1.71. The molecule has 2 heterocycles. The molecule has 2 fully saturated rings. The van der Waals surface area contributed by atoms with Crippen LogP contribution in [0.25, 0.3) is 0 Å². The van der Waals surface area contributed by atoms with Crippen LogP contribution < -0.4 is 5.32 Å². The van der Waals surface area contributed by atoms with Crippen molar-refractivity contribution >= 4 is 5.91 Å². The molecule has 0 spiro atoms. The number of methoxy groups -OCH3 is 1. The van der Waals surface area contributed by atoms with Gasteiger partial charge in [0.05, 0.1) is 11.9 Å². The van der Waals surface area contributed by atoms with Gasteiger partial charge < -0.3 is 15.0 Å². The predicted molar refractivity (Wildman–Crippen MR) is 91.9 cm³/mol. The molecule has 6 nitrogen and oxygen atoms in total. The predicted octanol–water partition coefficient (Wildman–Crippen LogP) is 1.80. The summed E-state index contributed by atoms with van der Waals surface area (Å²) in [4.78, 5) is 23.5. The van der Waals surface area contributed by atoms with Crippen molar-refractivity contribution < 1.29 is 9.53 Å². The summed E-state index contributed by atoms with van der Waals surface area (Å²) >= 11 is 0. The zero-order chi connectivity index (χ0) is 17.0. The number of nitrogens with one attached hydrogen (secondary N) is 1. The van der Waals surface area contributed by atoms with Gasteiger partial charge in [-0.15, -0.1) is 0 Å². The van der Waals surface area contributed by atoms with E-state index in [1.807, 2.05) is 6.92 Å². The summed E-state index contributed by atoms with van der Waals surface area (Å²) in [5.41, 5.74) is 1.01. The molecule has 132 valence electrons. The highest BCUT2D eigenvalue weighted by Gasteiger charge is 2.37. The van der Waals surface area contributed by atoms with Crippen LogP contribution in [0, 0.1) is 12.8 Å². The van der Waals surface area contributed by atoms with Gasteiger partial charge in [-0.1, -0.05) is 0 Å². The number of aromatic nitrogens is 2. The van der Waals surface area contributed by atoms with Crippen LogP contribution in [-0.2, 0) is 4.74 Å². The highest BCUT2D eigenvalue weighted by Crippen LogP contribution is 2.33. The van der Waals surface area contributed by atoms with E-state index < -0.39 is 0 Å². The minimum atomic E-state index is -0.195. The zero-order valence-electron chi connectivity index (χ0n) is 14.8. The van der Waals surface area contributed by atoms with Gasteiger partial charge in [0.25, 0.3) is 5.91 Å². The number of hydrogen-bond acceptors (Lipinski definition) is 5. The summed E-state index contributed by atoms with van der Waals surface area (Å²) in [5, 5.41) is 3.24. The molecule has 2 aliphatic rings. The Balaban J connectivity index is 1.62. The molecule has 0 atom stereocenters. The van der Waals surface area contributed by atoms with E-state index in [2.05, 4.69) is 20.2 Å². The molecule has 1 aromatic rings. The average molecular weight is 332 g/mol. The normalized spacial score (nSPS) is 20.8. The number of likely N-dealkylation sites (tertiary alicyclic amines) is 1. The molecule has 1 aliphatic heterocycles. The van der Waals surface area contributed by atoms with Gasteiger partial charge in [-0.2, -0.15) is 0 Å². The van der Waals surface area contributed by atoms with Crippen molar-refractivity contribution in [3.05, 3.63) is 23.8 Å². The molecule has 0 bridgehead atoms. The Bertz CT molecular complexity index is 549. The summed E-state index contributed by atoms with van der Waals surface area (Å²) < 4.78 is 5.28. The van der Waals surface area contributed by atoms with Crippen LogP contribution in [-0.4, -0.2) is 59.7 Å². The van der Waals surface area contributed by atoms with E-state index in [1.165, 1.54) is 19.4 Å². The zero-order valence-corrected chi connectivity index (χ0v) is 14.8. The van der Waals surface area contributed by atoms with Crippen LogP contribution in [0.4, 0.5) is 0 Å². The van der Waals surface area contributed by atoms with Gasteiger partial charge in [-0.05, 0) is 44.9 Å². The van der Waals surface area contributed by atoms with E-state index in [4.69, 9.17) is 4.74 Å². The third-order valence-electron chi connectivity index (χ3n) is 5.20. The number of carbonyl (C=O) groups excluding carboxylic acids is 1. The second-order valence-corrected chi connectivity index (χ2v) is 7.26. The summed E-state index contributed by atoms with van der Waals surface area (Å²) in [5.74, 6) is 0.781. The van der Waals surface area contributed by atoms with E-state index in [0.717, 1.165) is 44.0 Å². The first-order chi connectivity index (χ1) is 11.6. The standard InChI is InChI=1S/C18H28N4O2/c1-14-11-20-16(12-19-14)17(23)21-18(7-10-24-2)5-8-22(9-6-18)13-15-3-4-15/h11-12,15H,3-10,13H2,1-2H3,(H,21,23). The van der Waals surface area contributed by atoms with E-state index in [-0.39, 0.29) is 11.4 Å². The summed E-state index contributed by atoms with van der Waals surface area (Å²) in [6.07, 6.45) is 8.72. The molecule has 0 radical (unpaired) electrons. The van der Waals surface area contributed by atoms with Gasteiger partial charge in [-0.25, -0.2) is 4.98 Å². The minimum Gasteiger partial charge on any atom is -0.385 e. The molecular formula is C18H28N4O2. The van der Waals surface area contributed by atoms with Crippen molar-refractivity contribution in [2.75, 3.05) is 33.4 Å². The molecule has 3 rings (SSSR count). The molecule has 0 aromatic carbocycles. The maximum absolute atomic E-state index is 12.6. The smallest absolute Gasteiger partial charge is 0.271 e. The highest BCUT2D eigenvalue weighted by atomic mass is 16.5. The monoisotopic (exact) mass is 332 g/mol. The van der Waals surface area contributed by atoms with E-state index >= 15 is 0 Å². The number of amides is 1. The summed E-state index contributed by atoms with van der Waals surface area (Å²) in [6.45, 7) is 5.82. The number of rotatable bonds is 7. The Labute approximate surface area is 144 Å². The molecule has 1 N–H and O–H groups in total. The van der Waals surface area contributed by atoms with Crippen LogP contribution in [0.15, 0.2) is 12.4 Å². The number of aryl methyl sites for hydroxylation is 1. The van der Waals surface area contributed by atoms with Gasteiger partial charge in [0.2, 0.25) is 0 Å². The van der Waals surface area contributed by atoms with Crippen LogP contribution in [0.5, 0.6) is 0 Å². The third kappa shape index (κ3) is 4.51. The van der Waals surface area contributed by atoms with Crippen LogP contribution in [0.2, 0.25) is 0 Å². The second kappa shape index (κ2) is 7.57. The molecule has 1 aliphatic carbocycles. The number of ether oxygens (including phenoxy) is 1. The Kier molecular flexibility index (Phi) is 5.46. The Morgan fingerprint density at radius 1 is 1.33 bits per heavy atom. The third-order valence-corrected chi connectivity index (χ3v) is 5.20. The molecule has 1 saturated carbocycles. The van der Waals surface area contributed by atoms with Crippen molar-refractivity contribution in [3.63, 3.8) is 0 Å². The fourth-order valence-electron chi connectivity index (χ4n) is 3.38. The molecule has 1 amide bonds. The van der Waals surface area contributed by atoms with E-state index in [1.54, 1.807) is 19.5 Å². The number of piperidine rings is 1. The molecule has 6 heteroatoms. The Morgan fingerprint density at radius 2 is 2.08 bits per heavy atom. The lowest BCUT2D eigenvalue weighted by atomic mass is 9.84. The van der Waals surface area contributed by atoms with Crippen molar-refractivity contribution in [2.24, 2.45) is 5.92 Å². The molecular weight excluding hydrogens is 304 g/mol. The van der Waals surface area contributed by atoms with Crippen molar-refractivity contribution in [3.8, 4) is 0 Å². The molecule has 0 unspecified atom stereocenters. The SMILES string of the molecule is COCCC1(NC(=O)c2cnc(C)cn2)CCN(CC2CC2)CC1. The Morgan fingerprint density at radius 3 is 2.67 bits per heavy atom. The van der Waals surface area contributed by atoms with E-state index in [9.17, 15) is 4.79 Å². The largest absolute Gasteiger partial charge is 0.385 e. The van der Waals surface area contributed by atoms with Crippen molar-refractivity contribution in [2.45, 2.75) is 44.6 Å². The van der Waals surface area contributed by atoms with Crippen molar-refractivity contribution in [1.29, 1.82) is 0 Å². The molecule has 1 aromatic heterocycles. The van der Waals surface area contributed by atoms with Gasteiger partial charge >= 0.3 is 0 Å². The summed E-state index contributed by atoms with van der Waals surface area (Å²) in [6, 6.07) is 0. The fraction of sp³-hybridized carbons (Fsp3) is 0.722. The molecule has 1 saturated heterocycles. The van der Waals surface area contributed by atoms with Gasteiger partial charge in [-0.3, -0.25) is 9.78 Å². The topological polar surface area (TPSA) is 67.3 Å². The van der Waals surface area contributed by atoms with Gasteiger partial charge in [0, 0.05) is 45.1 Å². The number of hydrogen-bond donors (Lipinski definition) is 1. The quantitative estimate of drug-likeness (QED) is 0.824. The lowest BCUT2D eigenvalue weighted by molar-refractivity contribution is 0.0692. The highest BCUT2D eigenvalue weighted by molar-refractivity contribution is 5.92. The van der Waals surface area contributed by atoms with E-state index in [0.29, 0.717) is 12.3 Å². The average Bonchev–Trinajstić information content (AvgIpc) is 3.40. The van der Waals surface area contributed by atoms with Crippen LogP contribution in [0.1, 0.15) is 48.3 Å². The fourth-order valence-corrected chi connectivity index (χ4v) is 3.38. The Hall–Kier alpha value is -1.53. The maximum atomic E-state index is 12.6. The van der Waals surface area contributed by atoms with Crippen LogP contribution >= 0.6 is 0 Å². The number of carbonyl (C=O) groups is 1. The van der Waals surface area contributed by atoms with Gasteiger partial charge in [0.15, 0.2) is 0 Å². The maximum Gasteiger partial charge on any atom is 0.271 e. The first kappa shape index (κ1) is 17.3. The lowest BCUT2D eigenvalue weighted by Crippen LogP contribution is -2.56. The van der Waals surface area contributed by atoms with Gasteiger partial charge in [0.1, 0.15) is 5.69 Å². The molecule has 24 heavy (non-hydrogen) atoms. The lowest BCUT2D eigenvalue weighted by Gasteiger charge is -2.42. The first-order valence-corrected chi connectivity index (χ1v) is 8.93. The first-order valence-electron chi connectivity index (χ1n) is 8.93. The van der Waals surface area contributed by atoms with Crippen molar-refractivity contribution in [1.82, 2.24) is 20.2 Å². The minimum absolute atomic E-state index is 0.130. The second-order valence-electron chi connectivity index (χ2n) is 7.26. The van der Waals surface area contributed by atoms with Crippen LogP contribution in [0.3, 0.4) is 0 Å².